The van der Waals surface area contributed by atoms with Crippen molar-refractivity contribution < 1.29 is 14.4 Å². The molecular formula is C15H24N4O3. The molecule has 0 radical (unpaired) electrons. The van der Waals surface area contributed by atoms with Crippen LogP contribution < -0.4 is 16.4 Å². The molecule has 1 aliphatic heterocycles. The Morgan fingerprint density at radius 1 is 1.41 bits per heavy atom. The molecule has 1 saturated heterocycles. The molecule has 122 valence electrons. The number of hydrogen-bond donors (Lipinski definition) is 3. The summed E-state index contributed by atoms with van der Waals surface area (Å²) in [5.74, 6) is -0.185. The van der Waals surface area contributed by atoms with E-state index in [0.29, 0.717) is 25.3 Å². The number of nitrogens with two attached hydrogens (primary N) is 1. The minimum Gasteiger partial charge on any atom is -0.348 e. The average molecular weight is 308 g/mol. The zero-order valence-corrected chi connectivity index (χ0v) is 13.0. The van der Waals surface area contributed by atoms with Crippen LogP contribution in [0.2, 0.25) is 0 Å². The van der Waals surface area contributed by atoms with Crippen molar-refractivity contribution in [2.24, 2.45) is 11.7 Å². The van der Waals surface area contributed by atoms with Crippen LogP contribution in [0.5, 0.6) is 0 Å². The first-order valence-corrected chi connectivity index (χ1v) is 8.05. The van der Waals surface area contributed by atoms with Crippen LogP contribution in [0, 0.1) is 5.92 Å². The van der Waals surface area contributed by atoms with Crippen molar-refractivity contribution in [2.75, 3.05) is 13.1 Å². The van der Waals surface area contributed by atoms with Gasteiger partial charge in [-0.15, -0.1) is 0 Å². The van der Waals surface area contributed by atoms with Gasteiger partial charge in [-0.3, -0.25) is 14.5 Å². The Labute approximate surface area is 130 Å². The summed E-state index contributed by atoms with van der Waals surface area (Å²) >= 11 is 0. The molecule has 7 heteroatoms. The molecule has 7 nitrogen and oxygen atoms in total. The zero-order chi connectivity index (χ0) is 16.0. The van der Waals surface area contributed by atoms with Crippen molar-refractivity contribution >= 4 is 17.8 Å². The van der Waals surface area contributed by atoms with E-state index in [0.717, 1.165) is 30.6 Å². The van der Waals surface area contributed by atoms with Crippen LogP contribution in [-0.4, -0.2) is 46.9 Å². The van der Waals surface area contributed by atoms with Gasteiger partial charge in [0.25, 0.3) is 5.91 Å². The molecule has 0 aromatic carbocycles. The lowest BCUT2D eigenvalue weighted by atomic mass is 9.96. The number of nitrogens with one attached hydrogen (secondary N) is 2. The van der Waals surface area contributed by atoms with E-state index >= 15 is 0 Å². The second-order valence-electron chi connectivity index (χ2n) is 7.05. The lowest BCUT2D eigenvalue weighted by molar-refractivity contribution is -0.135. The van der Waals surface area contributed by atoms with E-state index in [1.165, 1.54) is 0 Å². The molecule has 0 aromatic rings. The zero-order valence-electron chi connectivity index (χ0n) is 13.0. The van der Waals surface area contributed by atoms with Crippen LogP contribution in [0.25, 0.3) is 0 Å². The van der Waals surface area contributed by atoms with Crippen molar-refractivity contribution in [1.29, 1.82) is 0 Å². The van der Waals surface area contributed by atoms with Crippen molar-refractivity contribution in [2.45, 2.75) is 56.5 Å². The van der Waals surface area contributed by atoms with Crippen LogP contribution in [0.15, 0.2) is 0 Å². The third-order valence-corrected chi connectivity index (χ3v) is 5.33. The van der Waals surface area contributed by atoms with Crippen molar-refractivity contribution in [3.8, 4) is 0 Å². The van der Waals surface area contributed by atoms with Gasteiger partial charge in [0.15, 0.2) is 0 Å². The fraction of sp³-hybridized carbons (Fsp3) is 0.800. The Morgan fingerprint density at radius 3 is 2.59 bits per heavy atom. The standard InChI is InChI=1S/C15H24N4O3/c1-14(9-16,10-4-5-10)17-11(20)8-19-12(21)15(18-13(19)22)6-2-3-7-15/h10H,2-9,16H2,1H3,(H,17,20)(H,18,22). The molecule has 3 rings (SSSR count). The van der Waals surface area contributed by atoms with Gasteiger partial charge in [-0.25, -0.2) is 4.79 Å². The SMILES string of the molecule is CC(CN)(NC(=O)CN1C(=O)NC2(CCCC2)C1=O)C1CC1. The summed E-state index contributed by atoms with van der Waals surface area (Å²) in [6, 6.07) is -0.456. The Bertz CT molecular complexity index is 511. The third kappa shape index (κ3) is 2.47. The van der Waals surface area contributed by atoms with Gasteiger partial charge in [0.1, 0.15) is 12.1 Å². The van der Waals surface area contributed by atoms with Gasteiger partial charge in [-0.2, -0.15) is 0 Å². The molecule has 4 N–H and O–H groups in total. The molecule has 1 atom stereocenters. The first kappa shape index (κ1) is 15.3. The number of carbonyl (C=O) groups is 3. The van der Waals surface area contributed by atoms with E-state index in [1.807, 2.05) is 6.92 Å². The number of urea groups is 1. The van der Waals surface area contributed by atoms with E-state index in [1.54, 1.807) is 0 Å². The van der Waals surface area contributed by atoms with Crippen LogP contribution >= 0.6 is 0 Å². The molecule has 4 amide bonds. The van der Waals surface area contributed by atoms with Gasteiger partial charge in [0.2, 0.25) is 5.91 Å². The molecule has 22 heavy (non-hydrogen) atoms. The molecule has 3 fully saturated rings. The monoisotopic (exact) mass is 308 g/mol. The molecule has 1 unspecified atom stereocenters. The summed E-state index contributed by atoms with van der Waals surface area (Å²) < 4.78 is 0. The first-order chi connectivity index (χ1) is 10.4. The number of hydrogen-bond acceptors (Lipinski definition) is 4. The number of nitrogens with zero attached hydrogens (tertiary/aromatic N) is 1. The molecular weight excluding hydrogens is 284 g/mol. The van der Waals surface area contributed by atoms with E-state index in [-0.39, 0.29) is 18.4 Å². The van der Waals surface area contributed by atoms with Gasteiger partial charge in [-0.05, 0) is 38.5 Å². The summed E-state index contributed by atoms with van der Waals surface area (Å²) in [7, 11) is 0. The Balaban J connectivity index is 1.64. The van der Waals surface area contributed by atoms with E-state index < -0.39 is 17.1 Å². The number of rotatable bonds is 5. The fourth-order valence-corrected chi connectivity index (χ4v) is 3.68. The lowest BCUT2D eigenvalue weighted by Crippen LogP contribution is -2.56. The van der Waals surface area contributed by atoms with Crippen LogP contribution in [0.3, 0.4) is 0 Å². The van der Waals surface area contributed by atoms with Crippen molar-refractivity contribution in [1.82, 2.24) is 15.5 Å². The highest BCUT2D eigenvalue weighted by atomic mass is 16.2. The Hall–Kier alpha value is -1.63. The normalized spacial score (nSPS) is 26.2. The lowest BCUT2D eigenvalue weighted by Gasteiger charge is -2.30. The molecule has 2 aliphatic carbocycles. The molecule has 3 aliphatic rings. The van der Waals surface area contributed by atoms with Gasteiger partial charge in [-0.1, -0.05) is 12.8 Å². The second kappa shape index (κ2) is 5.22. The van der Waals surface area contributed by atoms with Crippen LogP contribution in [0.4, 0.5) is 4.79 Å². The number of amides is 4. The third-order valence-electron chi connectivity index (χ3n) is 5.33. The summed E-state index contributed by atoms with van der Waals surface area (Å²) in [5, 5.41) is 5.69. The fourth-order valence-electron chi connectivity index (χ4n) is 3.68. The van der Waals surface area contributed by atoms with Gasteiger partial charge in [0.05, 0.1) is 5.54 Å². The van der Waals surface area contributed by atoms with Crippen molar-refractivity contribution in [3.63, 3.8) is 0 Å². The highest BCUT2D eigenvalue weighted by Crippen LogP contribution is 2.39. The minimum absolute atomic E-state index is 0.227. The van der Waals surface area contributed by atoms with Crippen LogP contribution in [0.1, 0.15) is 45.4 Å². The molecule has 1 spiro atoms. The topological polar surface area (TPSA) is 105 Å². The van der Waals surface area contributed by atoms with E-state index in [2.05, 4.69) is 10.6 Å². The van der Waals surface area contributed by atoms with E-state index in [4.69, 9.17) is 5.73 Å². The van der Waals surface area contributed by atoms with Crippen molar-refractivity contribution in [3.05, 3.63) is 0 Å². The smallest absolute Gasteiger partial charge is 0.325 e. The Morgan fingerprint density at radius 2 is 2.05 bits per heavy atom. The highest BCUT2D eigenvalue weighted by Gasteiger charge is 2.53. The summed E-state index contributed by atoms with van der Waals surface area (Å²) in [4.78, 5) is 37.9. The molecule has 0 aromatic heterocycles. The minimum atomic E-state index is -0.759. The van der Waals surface area contributed by atoms with Gasteiger partial charge < -0.3 is 16.4 Å². The average Bonchev–Trinajstić information content (AvgIpc) is 3.20. The van der Waals surface area contributed by atoms with Crippen LogP contribution in [-0.2, 0) is 9.59 Å². The maximum Gasteiger partial charge on any atom is 0.325 e. The maximum absolute atomic E-state index is 12.5. The molecule has 1 heterocycles. The Kier molecular flexibility index (Phi) is 3.63. The highest BCUT2D eigenvalue weighted by molar-refractivity contribution is 6.09. The second-order valence-corrected chi connectivity index (χ2v) is 7.05. The number of imide groups is 1. The molecule has 2 saturated carbocycles. The van der Waals surface area contributed by atoms with E-state index in [9.17, 15) is 14.4 Å². The predicted molar refractivity (Wildman–Crippen MR) is 79.8 cm³/mol. The summed E-state index contributed by atoms with van der Waals surface area (Å²) in [6.45, 7) is 2.05. The molecule has 0 bridgehead atoms. The van der Waals surface area contributed by atoms with Gasteiger partial charge in [0, 0.05) is 6.54 Å². The van der Waals surface area contributed by atoms with Gasteiger partial charge >= 0.3 is 6.03 Å². The first-order valence-electron chi connectivity index (χ1n) is 8.05. The number of carbonyl (C=O) groups excluding carboxylic acids is 3. The quantitative estimate of drug-likeness (QED) is 0.626. The summed E-state index contributed by atoms with van der Waals surface area (Å²) in [5.41, 5.74) is 4.58. The largest absolute Gasteiger partial charge is 0.348 e. The summed E-state index contributed by atoms with van der Waals surface area (Å²) in [6.07, 6.45) is 5.30. The maximum atomic E-state index is 12.5. The predicted octanol–water partition coefficient (Wildman–Crippen LogP) is 0.0946.